The van der Waals surface area contributed by atoms with Gasteiger partial charge in [0.1, 0.15) is 0 Å². The topological polar surface area (TPSA) is 64.3 Å². The molecule has 0 heterocycles. The molecule has 0 saturated heterocycles. The highest BCUT2D eigenvalue weighted by Crippen LogP contribution is 2.29. The van der Waals surface area contributed by atoms with Gasteiger partial charge in [-0.05, 0) is 33.1 Å². The highest BCUT2D eigenvalue weighted by atomic mass is 16.5. The Morgan fingerprint density at radius 2 is 2.14 bits per heavy atom. The summed E-state index contributed by atoms with van der Waals surface area (Å²) in [5, 5.41) is 2.91. The monoisotopic (exact) mass is 200 g/mol. The number of hydrogen-bond acceptors (Lipinski definition) is 3. The van der Waals surface area contributed by atoms with Gasteiger partial charge in [0.25, 0.3) is 0 Å². The van der Waals surface area contributed by atoms with E-state index in [0.717, 1.165) is 19.3 Å². The predicted octanol–water partition coefficient (Wildman–Crippen LogP) is 0.409. The van der Waals surface area contributed by atoms with Crippen molar-refractivity contribution in [2.45, 2.75) is 44.2 Å². The molecule has 3 N–H and O–H groups in total. The number of nitrogens with two attached hydrogens (primary N) is 1. The second kappa shape index (κ2) is 3.87. The molecule has 14 heavy (non-hydrogen) atoms. The van der Waals surface area contributed by atoms with E-state index in [2.05, 4.69) is 5.32 Å². The number of ether oxygens (including phenoxy) is 1. The maximum absolute atomic E-state index is 11.7. The fraction of sp³-hybridized carbons (Fsp3) is 0.900. The van der Waals surface area contributed by atoms with E-state index in [1.54, 1.807) is 7.11 Å². The molecular formula is C10H20N2O2. The molecule has 1 aliphatic rings. The minimum Gasteiger partial charge on any atom is -0.382 e. The molecular weight excluding hydrogens is 180 g/mol. The third kappa shape index (κ3) is 2.45. The molecule has 0 bridgehead atoms. The molecule has 0 aromatic carbocycles. The zero-order valence-electron chi connectivity index (χ0n) is 9.22. The standard InChI is InChI=1S/C10H20N2O2/c1-9(2,7-14-3)12-8(13)10(11)5-4-6-10/h4-7,11H2,1-3H3,(H,12,13). The normalized spacial score (nSPS) is 20.0. The highest BCUT2D eigenvalue weighted by Gasteiger charge is 2.41. The summed E-state index contributed by atoms with van der Waals surface area (Å²) in [6.45, 7) is 4.35. The Bertz CT molecular complexity index is 222. The number of nitrogens with one attached hydrogen (secondary N) is 1. The lowest BCUT2D eigenvalue weighted by molar-refractivity contribution is -0.131. The van der Waals surface area contributed by atoms with Gasteiger partial charge in [-0.25, -0.2) is 0 Å². The van der Waals surface area contributed by atoms with E-state index in [1.165, 1.54) is 0 Å². The molecule has 4 heteroatoms. The van der Waals surface area contributed by atoms with Gasteiger partial charge in [0.15, 0.2) is 0 Å². The molecule has 0 aromatic rings. The fourth-order valence-electron chi connectivity index (χ4n) is 1.61. The van der Waals surface area contributed by atoms with Gasteiger partial charge in [-0.2, -0.15) is 0 Å². The van der Waals surface area contributed by atoms with Crippen molar-refractivity contribution in [1.82, 2.24) is 5.32 Å². The Morgan fingerprint density at radius 1 is 1.57 bits per heavy atom. The molecule has 1 rings (SSSR count). The largest absolute Gasteiger partial charge is 0.382 e. The number of hydrogen-bond donors (Lipinski definition) is 2. The van der Waals surface area contributed by atoms with E-state index in [9.17, 15) is 4.79 Å². The number of carbonyl (C=O) groups excluding carboxylic acids is 1. The first-order valence-corrected chi connectivity index (χ1v) is 5.00. The van der Waals surface area contributed by atoms with Crippen LogP contribution >= 0.6 is 0 Å². The number of amides is 1. The summed E-state index contributed by atoms with van der Waals surface area (Å²) in [6, 6.07) is 0. The van der Waals surface area contributed by atoms with Gasteiger partial charge in [-0.3, -0.25) is 4.79 Å². The Labute approximate surface area is 85.2 Å². The molecule has 0 unspecified atom stereocenters. The summed E-state index contributed by atoms with van der Waals surface area (Å²) >= 11 is 0. The second-order valence-electron chi connectivity index (χ2n) is 4.78. The van der Waals surface area contributed by atoms with Crippen molar-refractivity contribution >= 4 is 5.91 Å². The Morgan fingerprint density at radius 3 is 2.50 bits per heavy atom. The summed E-state index contributed by atoms with van der Waals surface area (Å²) in [6.07, 6.45) is 2.64. The predicted molar refractivity (Wildman–Crippen MR) is 54.9 cm³/mol. The SMILES string of the molecule is COCC(C)(C)NC(=O)C1(N)CCC1. The van der Waals surface area contributed by atoms with Crippen LogP contribution in [-0.2, 0) is 9.53 Å². The van der Waals surface area contributed by atoms with E-state index in [0.29, 0.717) is 6.61 Å². The highest BCUT2D eigenvalue weighted by molar-refractivity contribution is 5.87. The first-order chi connectivity index (χ1) is 6.40. The molecule has 0 atom stereocenters. The average Bonchev–Trinajstić information content (AvgIpc) is 1.98. The van der Waals surface area contributed by atoms with Crippen molar-refractivity contribution in [3.05, 3.63) is 0 Å². The summed E-state index contributed by atoms with van der Waals surface area (Å²) in [5.41, 5.74) is 4.94. The van der Waals surface area contributed by atoms with Crippen molar-refractivity contribution in [3.63, 3.8) is 0 Å². The van der Waals surface area contributed by atoms with Crippen molar-refractivity contribution in [2.24, 2.45) is 5.73 Å². The summed E-state index contributed by atoms with van der Waals surface area (Å²) in [5.74, 6) is -0.0502. The molecule has 0 aliphatic heterocycles. The third-order valence-corrected chi connectivity index (χ3v) is 2.66. The Balaban J connectivity index is 2.47. The van der Waals surface area contributed by atoms with Gasteiger partial charge in [-0.15, -0.1) is 0 Å². The zero-order valence-corrected chi connectivity index (χ0v) is 9.22. The van der Waals surface area contributed by atoms with E-state index in [1.807, 2.05) is 13.8 Å². The molecule has 1 saturated carbocycles. The van der Waals surface area contributed by atoms with Gasteiger partial charge in [0.05, 0.1) is 17.7 Å². The van der Waals surface area contributed by atoms with Crippen LogP contribution in [0, 0.1) is 0 Å². The quantitative estimate of drug-likeness (QED) is 0.691. The Hall–Kier alpha value is -0.610. The van der Waals surface area contributed by atoms with E-state index < -0.39 is 5.54 Å². The first kappa shape index (κ1) is 11.5. The minimum atomic E-state index is -0.620. The Kier molecular flexibility index (Phi) is 3.17. The molecule has 82 valence electrons. The van der Waals surface area contributed by atoms with Crippen LogP contribution in [0.4, 0.5) is 0 Å². The molecule has 4 nitrogen and oxygen atoms in total. The van der Waals surface area contributed by atoms with Crippen molar-refractivity contribution in [3.8, 4) is 0 Å². The number of rotatable bonds is 4. The molecule has 1 fully saturated rings. The first-order valence-electron chi connectivity index (χ1n) is 5.00. The van der Waals surface area contributed by atoms with Gasteiger partial charge >= 0.3 is 0 Å². The fourth-order valence-corrected chi connectivity index (χ4v) is 1.61. The molecule has 1 aliphatic carbocycles. The van der Waals surface area contributed by atoms with Gasteiger partial charge in [0, 0.05) is 7.11 Å². The maximum Gasteiger partial charge on any atom is 0.240 e. The number of methoxy groups -OCH3 is 1. The average molecular weight is 200 g/mol. The lowest BCUT2D eigenvalue weighted by atomic mass is 9.76. The zero-order chi connectivity index (χ0) is 10.8. The minimum absolute atomic E-state index is 0.0502. The molecule has 0 spiro atoms. The molecule has 1 amide bonds. The van der Waals surface area contributed by atoms with Crippen LogP contribution in [0.15, 0.2) is 0 Å². The van der Waals surface area contributed by atoms with E-state index in [-0.39, 0.29) is 11.4 Å². The second-order valence-corrected chi connectivity index (χ2v) is 4.78. The molecule has 0 aromatic heterocycles. The van der Waals surface area contributed by atoms with Crippen molar-refractivity contribution in [2.75, 3.05) is 13.7 Å². The number of carbonyl (C=O) groups is 1. The maximum atomic E-state index is 11.7. The van der Waals surface area contributed by atoms with Gasteiger partial charge < -0.3 is 15.8 Å². The summed E-state index contributed by atoms with van der Waals surface area (Å²) < 4.78 is 5.02. The van der Waals surface area contributed by atoms with Gasteiger partial charge in [0.2, 0.25) is 5.91 Å². The van der Waals surface area contributed by atoms with Crippen LogP contribution in [0.2, 0.25) is 0 Å². The summed E-state index contributed by atoms with van der Waals surface area (Å²) in [7, 11) is 1.62. The van der Waals surface area contributed by atoms with Crippen molar-refractivity contribution in [1.29, 1.82) is 0 Å². The third-order valence-electron chi connectivity index (χ3n) is 2.66. The van der Waals surface area contributed by atoms with Crippen LogP contribution in [0.25, 0.3) is 0 Å². The van der Waals surface area contributed by atoms with Crippen LogP contribution in [0.1, 0.15) is 33.1 Å². The summed E-state index contributed by atoms with van der Waals surface area (Å²) in [4.78, 5) is 11.7. The van der Waals surface area contributed by atoms with Crippen LogP contribution < -0.4 is 11.1 Å². The van der Waals surface area contributed by atoms with Crippen LogP contribution in [0.3, 0.4) is 0 Å². The molecule has 0 radical (unpaired) electrons. The smallest absolute Gasteiger partial charge is 0.240 e. The van der Waals surface area contributed by atoms with Crippen LogP contribution in [-0.4, -0.2) is 30.7 Å². The van der Waals surface area contributed by atoms with E-state index in [4.69, 9.17) is 10.5 Å². The lowest BCUT2D eigenvalue weighted by Crippen LogP contribution is -2.62. The van der Waals surface area contributed by atoms with E-state index >= 15 is 0 Å². The lowest BCUT2D eigenvalue weighted by Gasteiger charge is -2.39. The van der Waals surface area contributed by atoms with Crippen molar-refractivity contribution < 1.29 is 9.53 Å². The van der Waals surface area contributed by atoms with Gasteiger partial charge in [-0.1, -0.05) is 0 Å². The van der Waals surface area contributed by atoms with Crippen LogP contribution in [0.5, 0.6) is 0 Å².